The molecule has 0 aromatic carbocycles. The Morgan fingerprint density at radius 1 is 1.30 bits per heavy atom. The van der Waals surface area contributed by atoms with E-state index in [1.165, 1.54) is 0 Å². The summed E-state index contributed by atoms with van der Waals surface area (Å²) < 4.78 is 7.01. The van der Waals surface area contributed by atoms with Gasteiger partial charge in [0.05, 0.1) is 5.69 Å². The molecule has 0 radical (unpaired) electrons. The van der Waals surface area contributed by atoms with E-state index in [0.29, 0.717) is 18.8 Å². The molecule has 2 aromatic rings. The average Bonchev–Trinajstić information content (AvgIpc) is 3.07. The molecule has 1 fully saturated rings. The number of imidazole rings is 1. The van der Waals surface area contributed by atoms with Crippen LogP contribution in [0.2, 0.25) is 0 Å². The highest BCUT2D eigenvalue weighted by molar-refractivity contribution is 5.91. The molecule has 0 aliphatic carbocycles. The lowest BCUT2D eigenvalue weighted by Gasteiger charge is -2.34. The van der Waals surface area contributed by atoms with Crippen LogP contribution in [0.4, 0.5) is 5.95 Å². The minimum Gasteiger partial charge on any atom is -0.351 e. The van der Waals surface area contributed by atoms with Crippen LogP contribution in [-0.4, -0.2) is 51.7 Å². The summed E-state index contributed by atoms with van der Waals surface area (Å²) in [7, 11) is 1.97. The van der Waals surface area contributed by atoms with Gasteiger partial charge in [0.15, 0.2) is 0 Å². The minimum atomic E-state index is -0.0925. The monoisotopic (exact) mass is 275 g/mol. The van der Waals surface area contributed by atoms with Gasteiger partial charge in [-0.25, -0.2) is 4.98 Å². The van der Waals surface area contributed by atoms with Crippen molar-refractivity contribution < 1.29 is 9.32 Å². The molecule has 0 N–H and O–H groups in total. The fraction of sp³-hybridized carbons (Fsp3) is 0.462. The molecule has 20 heavy (non-hydrogen) atoms. The summed E-state index contributed by atoms with van der Waals surface area (Å²) >= 11 is 0. The van der Waals surface area contributed by atoms with E-state index < -0.39 is 0 Å². The van der Waals surface area contributed by atoms with E-state index in [9.17, 15) is 4.79 Å². The van der Waals surface area contributed by atoms with Gasteiger partial charge in [-0.1, -0.05) is 5.16 Å². The molecule has 106 valence electrons. The van der Waals surface area contributed by atoms with Gasteiger partial charge in [0.25, 0.3) is 5.91 Å². The van der Waals surface area contributed by atoms with Crippen LogP contribution in [0.5, 0.6) is 0 Å². The quantitative estimate of drug-likeness (QED) is 0.806. The van der Waals surface area contributed by atoms with Gasteiger partial charge >= 0.3 is 0 Å². The number of aryl methyl sites for hydroxylation is 2. The van der Waals surface area contributed by atoms with E-state index in [0.717, 1.165) is 24.7 Å². The normalized spacial score (nSPS) is 15.7. The zero-order chi connectivity index (χ0) is 14.1. The van der Waals surface area contributed by atoms with Crippen molar-refractivity contribution in [3.63, 3.8) is 0 Å². The second-order valence-electron chi connectivity index (χ2n) is 4.95. The zero-order valence-corrected chi connectivity index (χ0v) is 11.6. The van der Waals surface area contributed by atoms with Crippen molar-refractivity contribution in [3.05, 3.63) is 29.9 Å². The first-order chi connectivity index (χ1) is 9.65. The molecule has 0 spiro atoms. The van der Waals surface area contributed by atoms with Crippen molar-refractivity contribution in [2.24, 2.45) is 7.05 Å². The number of hydrogen-bond acceptors (Lipinski definition) is 5. The van der Waals surface area contributed by atoms with Gasteiger partial charge in [-0.05, 0) is 6.92 Å². The first kappa shape index (κ1) is 12.7. The Hall–Kier alpha value is -2.31. The topological polar surface area (TPSA) is 67.4 Å². The van der Waals surface area contributed by atoms with Crippen molar-refractivity contribution >= 4 is 11.9 Å². The Kier molecular flexibility index (Phi) is 3.17. The van der Waals surface area contributed by atoms with Crippen LogP contribution in [0.15, 0.2) is 23.0 Å². The second-order valence-corrected chi connectivity index (χ2v) is 4.95. The first-order valence-corrected chi connectivity index (χ1v) is 6.60. The largest absolute Gasteiger partial charge is 0.351 e. The van der Waals surface area contributed by atoms with Crippen LogP contribution < -0.4 is 4.90 Å². The summed E-state index contributed by atoms with van der Waals surface area (Å²) in [6.45, 7) is 4.66. The van der Waals surface area contributed by atoms with Gasteiger partial charge in [0, 0.05) is 51.7 Å². The molecule has 1 aliphatic heterocycles. The van der Waals surface area contributed by atoms with Crippen LogP contribution in [0.3, 0.4) is 0 Å². The molecule has 0 bridgehead atoms. The number of amides is 1. The van der Waals surface area contributed by atoms with Gasteiger partial charge in [-0.3, -0.25) is 4.79 Å². The van der Waals surface area contributed by atoms with Crippen molar-refractivity contribution in [2.75, 3.05) is 31.1 Å². The summed E-state index contributed by atoms with van der Waals surface area (Å²) in [5.41, 5.74) is 0.722. The van der Waals surface area contributed by atoms with Gasteiger partial charge in [-0.15, -0.1) is 0 Å². The van der Waals surface area contributed by atoms with Gasteiger partial charge in [0.2, 0.25) is 11.7 Å². The predicted octanol–water partition coefficient (Wildman–Crippen LogP) is 0.679. The van der Waals surface area contributed by atoms with E-state index in [-0.39, 0.29) is 5.91 Å². The third kappa shape index (κ3) is 2.26. The number of hydrogen-bond donors (Lipinski definition) is 0. The Balaban J connectivity index is 1.64. The van der Waals surface area contributed by atoms with E-state index in [1.807, 2.05) is 17.8 Å². The maximum absolute atomic E-state index is 12.2. The Morgan fingerprint density at radius 2 is 2.05 bits per heavy atom. The van der Waals surface area contributed by atoms with Gasteiger partial charge in [-0.2, -0.15) is 0 Å². The van der Waals surface area contributed by atoms with Crippen LogP contribution in [-0.2, 0) is 7.05 Å². The fourth-order valence-electron chi connectivity index (χ4n) is 2.39. The number of aromatic nitrogens is 3. The predicted molar refractivity (Wildman–Crippen MR) is 72.6 cm³/mol. The van der Waals surface area contributed by atoms with Crippen molar-refractivity contribution in [1.82, 2.24) is 19.6 Å². The Bertz CT molecular complexity index is 610. The number of rotatable bonds is 2. The Labute approximate surface area is 116 Å². The summed E-state index contributed by atoms with van der Waals surface area (Å²) in [5, 5.41) is 3.75. The first-order valence-electron chi connectivity index (χ1n) is 6.60. The molecule has 7 heteroatoms. The molecule has 1 saturated heterocycles. The summed E-state index contributed by atoms with van der Waals surface area (Å²) in [6, 6.07) is 1.67. The summed E-state index contributed by atoms with van der Waals surface area (Å²) in [4.78, 5) is 20.5. The second kappa shape index (κ2) is 4.99. The molecule has 1 aliphatic rings. The van der Waals surface area contributed by atoms with E-state index >= 15 is 0 Å². The van der Waals surface area contributed by atoms with Crippen molar-refractivity contribution in [3.8, 4) is 0 Å². The molecule has 0 atom stereocenters. The molecule has 3 rings (SSSR count). The third-order valence-electron chi connectivity index (χ3n) is 3.48. The maximum Gasteiger partial charge on any atom is 0.292 e. The summed E-state index contributed by atoms with van der Waals surface area (Å²) in [5.74, 6) is 1.16. The fourth-order valence-corrected chi connectivity index (χ4v) is 2.39. The smallest absolute Gasteiger partial charge is 0.292 e. The van der Waals surface area contributed by atoms with E-state index in [2.05, 4.69) is 15.0 Å². The lowest BCUT2D eigenvalue weighted by atomic mass is 10.3. The van der Waals surface area contributed by atoms with Gasteiger partial charge in [0.1, 0.15) is 0 Å². The number of nitrogens with zero attached hydrogens (tertiary/aromatic N) is 5. The SMILES string of the molecule is Cc1cc(C(=O)N2CCN(c3nccn3C)CC2)on1. The molecule has 3 heterocycles. The highest BCUT2D eigenvalue weighted by Gasteiger charge is 2.25. The van der Waals surface area contributed by atoms with Crippen molar-refractivity contribution in [2.45, 2.75) is 6.92 Å². The third-order valence-corrected chi connectivity index (χ3v) is 3.48. The summed E-state index contributed by atoms with van der Waals surface area (Å²) in [6.07, 6.45) is 3.70. The molecular formula is C13H17N5O2. The maximum atomic E-state index is 12.2. The molecule has 2 aromatic heterocycles. The molecule has 1 amide bonds. The van der Waals surface area contributed by atoms with Crippen LogP contribution in [0.25, 0.3) is 0 Å². The highest BCUT2D eigenvalue weighted by Crippen LogP contribution is 2.15. The molecule has 0 unspecified atom stereocenters. The molecular weight excluding hydrogens is 258 g/mol. The zero-order valence-electron chi connectivity index (χ0n) is 11.6. The number of carbonyl (C=O) groups excluding carboxylic acids is 1. The van der Waals surface area contributed by atoms with Crippen LogP contribution >= 0.6 is 0 Å². The molecule has 0 saturated carbocycles. The standard InChI is InChI=1S/C13H17N5O2/c1-10-9-11(20-15-10)12(19)17-5-7-18(8-6-17)13-14-3-4-16(13)2/h3-4,9H,5-8H2,1-2H3. The van der Waals surface area contributed by atoms with E-state index in [1.54, 1.807) is 24.1 Å². The van der Waals surface area contributed by atoms with Crippen LogP contribution in [0.1, 0.15) is 16.2 Å². The van der Waals surface area contributed by atoms with E-state index in [4.69, 9.17) is 4.52 Å². The van der Waals surface area contributed by atoms with Gasteiger partial charge < -0.3 is 18.9 Å². The lowest BCUT2D eigenvalue weighted by Crippen LogP contribution is -2.49. The highest BCUT2D eigenvalue weighted by atomic mass is 16.5. The average molecular weight is 275 g/mol. The number of piperazine rings is 1. The Morgan fingerprint density at radius 3 is 2.60 bits per heavy atom. The number of anilines is 1. The molecule has 7 nitrogen and oxygen atoms in total. The minimum absolute atomic E-state index is 0.0925. The lowest BCUT2D eigenvalue weighted by molar-refractivity contribution is 0.0704. The van der Waals surface area contributed by atoms with Crippen molar-refractivity contribution in [1.29, 1.82) is 0 Å². The van der Waals surface area contributed by atoms with Crippen LogP contribution in [0, 0.1) is 6.92 Å². The number of carbonyl (C=O) groups is 1.